The number of nitrogens with one attached hydrogen (secondary N) is 1. The van der Waals surface area contributed by atoms with Crippen LogP contribution in [0.25, 0.3) is 0 Å². The summed E-state index contributed by atoms with van der Waals surface area (Å²) in [6.45, 7) is 5.57. The molecule has 0 aliphatic carbocycles. The minimum atomic E-state index is -3.06. The van der Waals surface area contributed by atoms with E-state index >= 15 is 0 Å². The van der Waals surface area contributed by atoms with Crippen molar-refractivity contribution in [3.63, 3.8) is 0 Å². The van der Waals surface area contributed by atoms with Gasteiger partial charge in [0.05, 0.1) is 18.8 Å². The van der Waals surface area contributed by atoms with E-state index in [1.54, 1.807) is 18.2 Å². The monoisotopic (exact) mass is 583 g/mol. The maximum Gasteiger partial charge on any atom is 0.275 e. The number of ether oxygens (including phenoxy) is 2. The van der Waals surface area contributed by atoms with E-state index in [4.69, 9.17) is 9.47 Å². The number of morpholine rings is 1. The number of nitrogens with zero attached hydrogens (tertiary/aromatic N) is 2. The molecule has 4 rings (SSSR count). The molecule has 0 spiro atoms. The highest BCUT2D eigenvalue weighted by atomic mass is 19.1. The number of carbonyl (C=O) groups is 3. The predicted molar refractivity (Wildman–Crippen MR) is 154 cm³/mol. The molecule has 2 aliphatic rings. The molecule has 2 amide bonds. The second kappa shape index (κ2) is 11.8. The number of hydrogen-bond donors (Lipinski definition) is 4. The normalized spacial score (nSPS) is 23.3. The number of aliphatic hydroxyl groups is 3. The molecule has 5 unspecified atom stereocenters. The third-order valence-corrected chi connectivity index (χ3v) is 8.15. The van der Waals surface area contributed by atoms with Crippen LogP contribution in [-0.4, -0.2) is 108 Å². The van der Waals surface area contributed by atoms with Gasteiger partial charge in [-0.15, -0.1) is 0 Å². The molecule has 14 heteroatoms. The smallest absolute Gasteiger partial charge is 0.275 e. The molecule has 1 fully saturated rings. The highest BCUT2D eigenvalue weighted by Crippen LogP contribution is 2.40. The van der Waals surface area contributed by atoms with Gasteiger partial charge in [-0.25, -0.2) is 4.39 Å². The third kappa shape index (κ3) is 5.57. The Bertz CT molecular complexity index is 1370. The SMILES string of the molecule is BC(O)(C=O)C(B)(O)C(O)(C(=O)NC)N1Cc2c(OCc3cc(CN4CC(C)OC(C)C4)ccc3F)cccc2C1=O. The van der Waals surface area contributed by atoms with E-state index in [1.807, 2.05) is 13.8 Å². The van der Waals surface area contributed by atoms with E-state index in [0.29, 0.717) is 17.0 Å². The van der Waals surface area contributed by atoms with Gasteiger partial charge in [0.1, 0.15) is 35.5 Å². The van der Waals surface area contributed by atoms with E-state index in [-0.39, 0.29) is 42.0 Å². The summed E-state index contributed by atoms with van der Waals surface area (Å²) in [5.74, 6) is -2.33. The highest BCUT2D eigenvalue weighted by molar-refractivity contribution is 6.33. The Morgan fingerprint density at radius 2 is 1.86 bits per heavy atom. The fraction of sp³-hybridized carbons (Fsp3) is 0.464. The van der Waals surface area contributed by atoms with Crippen molar-refractivity contribution < 1.29 is 43.6 Å². The summed E-state index contributed by atoms with van der Waals surface area (Å²) in [4.78, 5) is 40.9. The Kier molecular flexibility index (Phi) is 8.87. The number of carbonyl (C=O) groups excluding carboxylic acids is 3. The zero-order chi connectivity index (χ0) is 31.0. The Hall–Kier alpha value is -3.29. The molecule has 2 aromatic carbocycles. The fourth-order valence-corrected chi connectivity index (χ4v) is 5.61. The van der Waals surface area contributed by atoms with Gasteiger partial charge in [-0.2, -0.15) is 0 Å². The molecule has 0 saturated carbocycles. The molecular formula is C28H36B2FN3O8. The van der Waals surface area contributed by atoms with Crippen molar-refractivity contribution in [1.82, 2.24) is 15.1 Å². The van der Waals surface area contributed by atoms with Crippen LogP contribution in [0.2, 0.25) is 0 Å². The molecule has 11 nitrogen and oxygen atoms in total. The molecule has 2 aliphatic heterocycles. The average molecular weight is 583 g/mol. The van der Waals surface area contributed by atoms with Gasteiger partial charge < -0.3 is 34.9 Å². The summed E-state index contributed by atoms with van der Waals surface area (Å²) in [5.41, 5.74) is -6.97. The van der Waals surface area contributed by atoms with Gasteiger partial charge >= 0.3 is 0 Å². The number of halogens is 1. The molecule has 5 atom stereocenters. The first-order valence-corrected chi connectivity index (χ1v) is 13.7. The lowest BCUT2D eigenvalue weighted by Crippen LogP contribution is -2.79. The zero-order valence-corrected chi connectivity index (χ0v) is 24.4. The number of hydrogen-bond acceptors (Lipinski definition) is 9. The van der Waals surface area contributed by atoms with Gasteiger partial charge in [0, 0.05) is 43.4 Å². The van der Waals surface area contributed by atoms with Crippen molar-refractivity contribution in [2.45, 2.75) is 62.5 Å². The summed E-state index contributed by atoms with van der Waals surface area (Å²) < 4.78 is 26.6. The lowest BCUT2D eigenvalue weighted by atomic mass is 9.54. The molecule has 224 valence electrons. The minimum absolute atomic E-state index is 0.0218. The molecular weight excluding hydrogens is 547 g/mol. The second-order valence-corrected chi connectivity index (χ2v) is 11.4. The van der Waals surface area contributed by atoms with E-state index in [2.05, 4.69) is 10.2 Å². The van der Waals surface area contributed by atoms with Crippen molar-refractivity contribution in [1.29, 1.82) is 0 Å². The maximum atomic E-state index is 14.8. The quantitative estimate of drug-likeness (QED) is 0.189. The number of amides is 2. The molecule has 0 aromatic heterocycles. The van der Waals surface area contributed by atoms with E-state index < -0.39 is 40.9 Å². The number of likely N-dealkylation sites (N-methyl/N-ethyl adjacent to an activating group) is 1. The largest absolute Gasteiger partial charge is 0.488 e. The summed E-state index contributed by atoms with van der Waals surface area (Å²) >= 11 is 0. The van der Waals surface area contributed by atoms with Crippen LogP contribution in [0.15, 0.2) is 36.4 Å². The van der Waals surface area contributed by atoms with Crippen LogP contribution in [0.3, 0.4) is 0 Å². The van der Waals surface area contributed by atoms with Gasteiger partial charge in [0.2, 0.25) is 5.72 Å². The minimum Gasteiger partial charge on any atom is -0.488 e. The zero-order valence-electron chi connectivity index (χ0n) is 24.4. The molecule has 42 heavy (non-hydrogen) atoms. The fourth-order valence-electron chi connectivity index (χ4n) is 5.61. The van der Waals surface area contributed by atoms with Crippen LogP contribution < -0.4 is 10.1 Å². The second-order valence-electron chi connectivity index (χ2n) is 11.4. The predicted octanol–water partition coefficient (Wildman–Crippen LogP) is -1.75. The van der Waals surface area contributed by atoms with Crippen molar-refractivity contribution >= 4 is 33.8 Å². The molecule has 0 bridgehead atoms. The highest BCUT2D eigenvalue weighted by Gasteiger charge is 2.65. The lowest BCUT2D eigenvalue weighted by molar-refractivity contribution is -0.219. The maximum absolute atomic E-state index is 14.8. The van der Waals surface area contributed by atoms with Gasteiger partial charge in [0.15, 0.2) is 15.7 Å². The van der Waals surface area contributed by atoms with E-state index in [1.165, 1.54) is 25.2 Å². The summed E-state index contributed by atoms with van der Waals surface area (Å²) in [6, 6.07) is 9.37. The van der Waals surface area contributed by atoms with Crippen molar-refractivity contribution in [2.24, 2.45) is 0 Å². The molecule has 2 aromatic rings. The number of aldehydes is 1. The van der Waals surface area contributed by atoms with Crippen LogP contribution in [0.1, 0.15) is 40.9 Å². The summed E-state index contributed by atoms with van der Waals surface area (Å²) in [6.07, 6.45) is 0.161. The van der Waals surface area contributed by atoms with Crippen molar-refractivity contribution in [3.8, 4) is 5.75 Å². The van der Waals surface area contributed by atoms with Crippen molar-refractivity contribution in [3.05, 3.63) is 64.5 Å². The van der Waals surface area contributed by atoms with Gasteiger partial charge in [-0.3, -0.25) is 19.4 Å². The average Bonchev–Trinajstić information content (AvgIpc) is 3.28. The van der Waals surface area contributed by atoms with Crippen LogP contribution in [0.5, 0.6) is 5.75 Å². The molecule has 4 N–H and O–H groups in total. The van der Waals surface area contributed by atoms with E-state index in [9.17, 15) is 34.1 Å². The molecule has 1 saturated heterocycles. The third-order valence-electron chi connectivity index (χ3n) is 8.15. The van der Waals surface area contributed by atoms with Gasteiger partial charge in [-0.05, 0) is 43.7 Å². The Morgan fingerprint density at radius 3 is 2.48 bits per heavy atom. The number of rotatable bonds is 10. The first-order valence-electron chi connectivity index (χ1n) is 13.7. The standard InChI is InChI=1S/C28H36B2FN3O8/c1-16-10-33(11-17(2)42-16)12-18-7-8-22(31)19(9-18)14-41-23-6-4-5-20-21(23)13-34(24(20)36)27(39,25(37)32-3)28(30,40)26(29,38)15-35/h4-9,15-17,38-40H,10-14,29-30H2,1-3H3,(H,32,37). The Morgan fingerprint density at radius 1 is 1.19 bits per heavy atom. The summed E-state index contributed by atoms with van der Waals surface area (Å²) in [5, 5.41) is 35.5. The number of benzene rings is 2. The number of fused-ring (bicyclic) bond motifs is 1. The first-order chi connectivity index (χ1) is 19.7. The Labute approximate surface area is 245 Å². The van der Waals surface area contributed by atoms with Crippen LogP contribution in [0.4, 0.5) is 4.39 Å². The van der Waals surface area contributed by atoms with Crippen LogP contribution in [-0.2, 0) is 34.0 Å². The van der Waals surface area contributed by atoms with Crippen LogP contribution >= 0.6 is 0 Å². The van der Waals surface area contributed by atoms with Gasteiger partial charge in [0.25, 0.3) is 11.8 Å². The van der Waals surface area contributed by atoms with Crippen LogP contribution in [0, 0.1) is 5.82 Å². The van der Waals surface area contributed by atoms with E-state index in [0.717, 1.165) is 34.3 Å². The summed E-state index contributed by atoms with van der Waals surface area (Å²) in [7, 11) is 2.97. The topological polar surface area (TPSA) is 149 Å². The van der Waals surface area contributed by atoms with Gasteiger partial charge in [-0.1, -0.05) is 12.1 Å². The van der Waals surface area contributed by atoms with Crippen molar-refractivity contribution in [2.75, 3.05) is 20.1 Å². The Balaban J connectivity index is 1.58. The first kappa shape index (κ1) is 31.6. The molecule has 2 heterocycles. The lowest BCUT2D eigenvalue weighted by Gasteiger charge is -2.49. The molecule has 0 radical (unpaired) electrons.